The summed E-state index contributed by atoms with van der Waals surface area (Å²) in [5.41, 5.74) is 0. The maximum atomic E-state index is 12.7. The van der Waals surface area contributed by atoms with Crippen molar-refractivity contribution in [3.8, 4) is 11.5 Å². The van der Waals surface area contributed by atoms with Gasteiger partial charge in [0.15, 0.2) is 0 Å². The van der Waals surface area contributed by atoms with Gasteiger partial charge in [-0.25, -0.2) is 16.8 Å². The van der Waals surface area contributed by atoms with E-state index >= 15 is 0 Å². The Hall–Kier alpha value is -2.22. The van der Waals surface area contributed by atoms with Gasteiger partial charge in [0.05, 0.1) is 36.2 Å². The molecule has 2 fully saturated rings. The monoisotopic (exact) mass is 512 g/mol. The van der Waals surface area contributed by atoms with Gasteiger partial charge in [-0.2, -0.15) is 8.61 Å². The highest BCUT2D eigenvalue weighted by atomic mass is 32.2. The molecule has 2 heterocycles. The quantitative estimate of drug-likeness (QED) is 0.461. The number of nitrogens with zero attached hydrogens (tertiary/aromatic N) is 2. The molecular weight excluding hydrogens is 484 g/mol. The van der Waals surface area contributed by atoms with Crippen molar-refractivity contribution in [1.82, 2.24) is 8.61 Å². The van der Waals surface area contributed by atoms with Crippen LogP contribution in [0.4, 0.5) is 0 Å². The average molecular weight is 513 g/mol. The van der Waals surface area contributed by atoms with Crippen molar-refractivity contribution in [2.75, 3.05) is 65.8 Å². The topological polar surface area (TPSA) is 112 Å². The lowest BCUT2D eigenvalue weighted by atomic mass is 10.3. The molecule has 12 heteroatoms. The lowest BCUT2D eigenvalue weighted by molar-refractivity contribution is 0.0730. The highest BCUT2D eigenvalue weighted by molar-refractivity contribution is 7.89. The second kappa shape index (κ2) is 11.0. The SMILES string of the molecule is O=S(=O)(c1ccc(OCCOc2ccc(S(=O)(=O)N3CCOCC3)cc2)cc1)N1CCOCC1. The van der Waals surface area contributed by atoms with Gasteiger partial charge >= 0.3 is 0 Å². The number of rotatable bonds is 9. The molecule has 2 aromatic carbocycles. The highest BCUT2D eigenvalue weighted by Crippen LogP contribution is 2.22. The minimum absolute atomic E-state index is 0.213. The Morgan fingerprint density at radius 2 is 0.912 bits per heavy atom. The maximum absolute atomic E-state index is 12.7. The standard InChI is InChI=1S/C22H28N2O8S2/c25-33(26,23-9-13-29-14-10-23)21-5-1-19(2-6-21)31-17-18-32-20-3-7-22(8-4-20)34(27,28)24-11-15-30-16-12-24/h1-8H,9-18H2. The first kappa shape index (κ1) is 24.9. The Balaban J connectivity index is 1.25. The van der Waals surface area contributed by atoms with E-state index in [2.05, 4.69) is 0 Å². The normalized spacial score (nSPS) is 18.5. The third-order valence-corrected chi connectivity index (χ3v) is 9.31. The lowest BCUT2D eigenvalue weighted by Gasteiger charge is -2.26. The number of benzene rings is 2. The molecule has 2 aromatic rings. The van der Waals surface area contributed by atoms with E-state index in [0.29, 0.717) is 64.1 Å². The molecule has 2 aliphatic heterocycles. The van der Waals surface area contributed by atoms with Crippen molar-refractivity contribution >= 4 is 20.0 Å². The summed E-state index contributed by atoms with van der Waals surface area (Å²) in [5.74, 6) is 1.05. The summed E-state index contributed by atoms with van der Waals surface area (Å²) in [6.45, 7) is 3.44. The molecule has 0 N–H and O–H groups in total. The maximum Gasteiger partial charge on any atom is 0.243 e. The zero-order valence-corrected chi connectivity index (χ0v) is 20.3. The average Bonchev–Trinajstić information content (AvgIpc) is 2.88. The lowest BCUT2D eigenvalue weighted by Crippen LogP contribution is -2.40. The van der Waals surface area contributed by atoms with Gasteiger partial charge in [-0.3, -0.25) is 0 Å². The first-order valence-electron chi connectivity index (χ1n) is 11.0. The molecule has 0 bridgehead atoms. The summed E-state index contributed by atoms with van der Waals surface area (Å²) in [5, 5.41) is 0. The first-order chi connectivity index (χ1) is 16.4. The van der Waals surface area contributed by atoms with Crippen LogP contribution in [0.3, 0.4) is 0 Å². The second-order valence-corrected chi connectivity index (χ2v) is 11.5. The van der Waals surface area contributed by atoms with Crippen LogP contribution in [0.1, 0.15) is 0 Å². The third-order valence-electron chi connectivity index (χ3n) is 5.48. The van der Waals surface area contributed by atoms with E-state index in [-0.39, 0.29) is 23.0 Å². The van der Waals surface area contributed by atoms with E-state index in [4.69, 9.17) is 18.9 Å². The molecule has 0 unspecified atom stereocenters. The van der Waals surface area contributed by atoms with Crippen LogP contribution in [0.5, 0.6) is 11.5 Å². The predicted molar refractivity (Wildman–Crippen MR) is 123 cm³/mol. The van der Waals surface area contributed by atoms with Gasteiger partial charge < -0.3 is 18.9 Å². The van der Waals surface area contributed by atoms with Crippen LogP contribution in [0.25, 0.3) is 0 Å². The van der Waals surface area contributed by atoms with Gasteiger partial charge in [0, 0.05) is 26.2 Å². The fourth-order valence-corrected chi connectivity index (χ4v) is 6.42. The molecule has 0 radical (unpaired) electrons. The molecule has 0 saturated carbocycles. The summed E-state index contributed by atoms with van der Waals surface area (Å²) in [6, 6.07) is 12.5. The Kier molecular flexibility index (Phi) is 8.06. The van der Waals surface area contributed by atoms with Crippen molar-refractivity contribution in [1.29, 1.82) is 0 Å². The van der Waals surface area contributed by atoms with E-state index in [9.17, 15) is 16.8 Å². The number of hydrogen-bond acceptors (Lipinski definition) is 8. The number of morpholine rings is 2. The van der Waals surface area contributed by atoms with Crippen LogP contribution in [-0.4, -0.2) is 91.3 Å². The van der Waals surface area contributed by atoms with Crippen molar-refractivity contribution in [3.63, 3.8) is 0 Å². The zero-order valence-electron chi connectivity index (χ0n) is 18.7. The van der Waals surface area contributed by atoms with E-state index in [1.54, 1.807) is 24.3 Å². The molecule has 4 rings (SSSR count). The predicted octanol–water partition coefficient (Wildman–Crippen LogP) is 1.19. The van der Waals surface area contributed by atoms with Gasteiger partial charge in [0.25, 0.3) is 0 Å². The minimum atomic E-state index is -3.54. The van der Waals surface area contributed by atoms with Crippen molar-refractivity contribution < 1.29 is 35.8 Å². The van der Waals surface area contributed by atoms with E-state index in [1.807, 2.05) is 0 Å². The Morgan fingerprint density at radius 3 is 1.24 bits per heavy atom. The van der Waals surface area contributed by atoms with Gasteiger partial charge in [0.2, 0.25) is 20.0 Å². The molecular formula is C22H28N2O8S2. The van der Waals surface area contributed by atoms with Crippen molar-refractivity contribution in [2.45, 2.75) is 9.79 Å². The van der Waals surface area contributed by atoms with E-state index in [0.717, 1.165) is 0 Å². The first-order valence-corrected chi connectivity index (χ1v) is 13.9. The van der Waals surface area contributed by atoms with Crippen LogP contribution < -0.4 is 9.47 Å². The third kappa shape index (κ3) is 5.88. The molecule has 0 aliphatic carbocycles. The second-order valence-electron chi connectivity index (χ2n) is 7.67. The van der Waals surface area contributed by atoms with Crippen LogP contribution in [0.15, 0.2) is 58.3 Å². The summed E-state index contributed by atoms with van der Waals surface area (Å²) in [7, 11) is -7.08. The van der Waals surface area contributed by atoms with Crippen LogP contribution >= 0.6 is 0 Å². The van der Waals surface area contributed by atoms with Crippen LogP contribution in [0, 0.1) is 0 Å². The molecule has 10 nitrogen and oxygen atoms in total. The molecule has 186 valence electrons. The molecule has 2 aliphatic rings. The fraction of sp³-hybridized carbons (Fsp3) is 0.455. The largest absolute Gasteiger partial charge is 0.490 e. The molecule has 0 atom stereocenters. The molecule has 34 heavy (non-hydrogen) atoms. The summed E-state index contributed by atoms with van der Waals surface area (Å²) in [4.78, 5) is 0.426. The van der Waals surface area contributed by atoms with Gasteiger partial charge in [-0.1, -0.05) is 0 Å². The fourth-order valence-electron chi connectivity index (χ4n) is 3.61. The summed E-state index contributed by atoms with van der Waals surface area (Å²) in [6.07, 6.45) is 0. The highest BCUT2D eigenvalue weighted by Gasteiger charge is 2.27. The van der Waals surface area contributed by atoms with Crippen molar-refractivity contribution in [3.05, 3.63) is 48.5 Å². The number of hydrogen-bond donors (Lipinski definition) is 0. The van der Waals surface area contributed by atoms with Crippen LogP contribution in [0.2, 0.25) is 0 Å². The minimum Gasteiger partial charge on any atom is -0.490 e. The van der Waals surface area contributed by atoms with Crippen molar-refractivity contribution in [2.24, 2.45) is 0 Å². The smallest absolute Gasteiger partial charge is 0.243 e. The molecule has 0 spiro atoms. The zero-order chi connectivity index (χ0) is 24.0. The van der Waals surface area contributed by atoms with E-state index < -0.39 is 20.0 Å². The Morgan fingerprint density at radius 1 is 0.588 bits per heavy atom. The van der Waals surface area contributed by atoms with Crippen LogP contribution in [-0.2, 0) is 29.5 Å². The Labute approximate surface area is 200 Å². The van der Waals surface area contributed by atoms with Gasteiger partial charge in [0.1, 0.15) is 24.7 Å². The van der Waals surface area contributed by atoms with E-state index in [1.165, 1.54) is 32.9 Å². The van der Waals surface area contributed by atoms with Gasteiger partial charge in [-0.15, -0.1) is 0 Å². The molecule has 2 saturated heterocycles. The number of sulfonamides is 2. The number of ether oxygens (including phenoxy) is 4. The van der Waals surface area contributed by atoms with Gasteiger partial charge in [-0.05, 0) is 48.5 Å². The summed E-state index contributed by atoms with van der Waals surface area (Å²) >= 11 is 0. The molecule has 0 aromatic heterocycles. The summed E-state index contributed by atoms with van der Waals surface area (Å²) < 4.78 is 75.1. The Bertz CT molecular complexity index is 1050. The molecule has 0 amide bonds.